The normalized spacial score (nSPS) is 11.1. The summed E-state index contributed by atoms with van der Waals surface area (Å²) in [5.41, 5.74) is 9.79. The van der Waals surface area contributed by atoms with Crippen molar-refractivity contribution < 1.29 is 0 Å². The molecule has 4 heteroatoms. The predicted molar refractivity (Wildman–Crippen MR) is 64.9 cm³/mol. The van der Waals surface area contributed by atoms with Crippen molar-refractivity contribution in [3.05, 3.63) is 36.7 Å². The topological polar surface area (TPSA) is 59.6 Å². The third-order valence-electron chi connectivity index (χ3n) is 2.79. The largest absolute Gasteiger partial charge is 0.396 e. The Balaban J connectivity index is 2.25. The molecule has 0 radical (unpaired) electrons. The number of aromatic nitrogens is 3. The van der Waals surface area contributed by atoms with E-state index >= 15 is 0 Å². The molecule has 0 amide bonds. The van der Waals surface area contributed by atoms with E-state index in [-0.39, 0.29) is 0 Å². The number of benzene rings is 1. The first-order chi connectivity index (χ1) is 7.75. The number of nitrogen functional groups attached to an aromatic ring is 1. The van der Waals surface area contributed by atoms with Gasteiger partial charge in [-0.1, -0.05) is 6.07 Å². The lowest BCUT2D eigenvalue weighted by atomic mass is 10.1. The molecule has 0 unspecified atom stereocenters. The zero-order chi connectivity index (χ0) is 11.1. The van der Waals surface area contributed by atoms with E-state index in [1.807, 2.05) is 25.4 Å². The minimum Gasteiger partial charge on any atom is -0.396 e. The second kappa shape index (κ2) is 3.13. The number of hydrogen-bond acceptors (Lipinski definition) is 2. The van der Waals surface area contributed by atoms with Crippen LogP contribution in [0.5, 0.6) is 0 Å². The third-order valence-corrected chi connectivity index (χ3v) is 2.79. The summed E-state index contributed by atoms with van der Waals surface area (Å²) in [6.45, 7) is 0. The number of aryl methyl sites for hydroxylation is 1. The molecule has 0 aliphatic carbocycles. The van der Waals surface area contributed by atoms with E-state index in [0.717, 1.165) is 16.8 Å². The zero-order valence-corrected chi connectivity index (χ0v) is 8.94. The fourth-order valence-corrected chi connectivity index (χ4v) is 2.01. The van der Waals surface area contributed by atoms with Gasteiger partial charge in [0.15, 0.2) is 0 Å². The Labute approximate surface area is 92.7 Å². The van der Waals surface area contributed by atoms with E-state index in [1.54, 1.807) is 10.9 Å². The number of fused-ring (bicyclic) bond motifs is 1. The summed E-state index contributed by atoms with van der Waals surface area (Å²) in [6.07, 6.45) is 3.61. The van der Waals surface area contributed by atoms with Gasteiger partial charge in [-0.25, -0.2) is 0 Å². The second-order valence-electron chi connectivity index (χ2n) is 3.85. The summed E-state index contributed by atoms with van der Waals surface area (Å²) >= 11 is 0. The van der Waals surface area contributed by atoms with Gasteiger partial charge in [0, 0.05) is 29.7 Å². The maximum Gasteiger partial charge on any atom is 0.0908 e. The van der Waals surface area contributed by atoms with Crippen LogP contribution in [-0.2, 0) is 7.05 Å². The lowest BCUT2D eigenvalue weighted by Gasteiger charge is -2.03. The molecule has 2 heterocycles. The zero-order valence-electron chi connectivity index (χ0n) is 8.94. The highest BCUT2D eigenvalue weighted by Gasteiger charge is 2.08. The average molecular weight is 212 g/mol. The molecular formula is C12H12N4. The summed E-state index contributed by atoms with van der Waals surface area (Å²) in [7, 11) is 1.90. The molecule has 0 spiro atoms. The Morgan fingerprint density at radius 2 is 2.19 bits per heavy atom. The molecular weight excluding hydrogens is 200 g/mol. The summed E-state index contributed by atoms with van der Waals surface area (Å²) in [5, 5.41) is 5.32. The van der Waals surface area contributed by atoms with Crippen molar-refractivity contribution in [3.8, 4) is 11.3 Å². The van der Waals surface area contributed by atoms with Crippen LogP contribution < -0.4 is 5.73 Å². The molecule has 0 saturated heterocycles. The van der Waals surface area contributed by atoms with Crippen LogP contribution in [0.3, 0.4) is 0 Å². The first-order valence-corrected chi connectivity index (χ1v) is 5.11. The van der Waals surface area contributed by atoms with Crippen LogP contribution in [0, 0.1) is 0 Å². The van der Waals surface area contributed by atoms with Gasteiger partial charge in [0.2, 0.25) is 0 Å². The summed E-state index contributed by atoms with van der Waals surface area (Å²) in [6, 6.07) is 8.26. The molecule has 0 saturated carbocycles. The maximum atomic E-state index is 5.90. The van der Waals surface area contributed by atoms with Crippen LogP contribution in [0.15, 0.2) is 36.7 Å². The Morgan fingerprint density at radius 3 is 2.94 bits per heavy atom. The van der Waals surface area contributed by atoms with Crippen molar-refractivity contribution in [1.29, 1.82) is 0 Å². The van der Waals surface area contributed by atoms with Crippen LogP contribution >= 0.6 is 0 Å². The van der Waals surface area contributed by atoms with Gasteiger partial charge in [-0.3, -0.25) is 4.68 Å². The van der Waals surface area contributed by atoms with E-state index in [4.69, 9.17) is 5.73 Å². The summed E-state index contributed by atoms with van der Waals surface area (Å²) < 4.78 is 1.79. The first-order valence-electron chi connectivity index (χ1n) is 5.11. The van der Waals surface area contributed by atoms with Crippen molar-refractivity contribution in [2.24, 2.45) is 7.05 Å². The van der Waals surface area contributed by atoms with Gasteiger partial charge < -0.3 is 10.7 Å². The minimum atomic E-state index is 0.706. The van der Waals surface area contributed by atoms with Gasteiger partial charge in [0.1, 0.15) is 0 Å². The molecule has 0 bridgehead atoms. The van der Waals surface area contributed by atoms with E-state index in [0.29, 0.717) is 5.69 Å². The smallest absolute Gasteiger partial charge is 0.0908 e. The maximum absolute atomic E-state index is 5.90. The van der Waals surface area contributed by atoms with Crippen LogP contribution in [0.2, 0.25) is 0 Å². The molecule has 2 aromatic heterocycles. The fraction of sp³-hybridized carbons (Fsp3) is 0.0833. The van der Waals surface area contributed by atoms with Crippen molar-refractivity contribution >= 4 is 16.6 Å². The molecule has 80 valence electrons. The molecule has 0 aliphatic heterocycles. The number of rotatable bonds is 1. The molecule has 4 nitrogen and oxygen atoms in total. The number of nitrogens with zero attached hydrogens (tertiary/aromatic N) is 2. The number of nitrogens with two attached hydrogens (primary N) is 1. The Bertz CT molecular complexity index is 628. The molecule has 0 fully saturated rings. The number of H-pyrrole nitrogens is 1. The average Bonchev–Trinajstić information content (AvgIpc) is 2.85. The molecule has 0 atom stereocenters. The molecule has 3 rings (SSSR count). The third kappa shape index (κ3) is 1.20. The van der Waals surface area contributed by atoms with Gasteiger partial charge >= 0.3 is 0 Å². The van der Waals surface area contributed by atoms with Gasteiger partial charge in [-0.05, 0) is 18.2 Å². The monoisotopic (exact) mass is 212 g/mol. The minimum absolute atomic E-state index is 0.706. The summed E-state index contributed by atoms with van der Waals surface area (Å²) in [4.78, 5) is 3.17. The van der Waals surface area contributed by atoms with Crippen LogP contribution in [0.4, 0.5) is 5.69 Å². The summed E-state index contributed by atoms with van der Waals surface area (Å²) in [5.74, 6) is 0. The SMILES string of the molecule is Cn1ncc(N)c1-c1ccc2[nH]ccc2c1. The van der Waals surface area contributed by atoms with E-state index in [2.05, 4.69) is 22.2 Å². The standard InChI is InChI=1S/C12H12N4/c1-16-12(10(13)7-15-16)9-2-3-11-8(6-9)4-5-14-11/h2-7,14H,13H2,1H3. The molecule has 3 N–H and O–H groups in total. The molecule has 16 heavy (non-hydrogen) atoms. The van der Waals surface area contributed by atoms with Crippen LogP contribution in [0.25, 0.3) is 22.2 Å². The van der Waals surface area contributed by atoms with Crippen molar-refractivity contribution in [2.75, 3.05) is 5.73 Å². The Kier molecular flexibility index (Phi) is 1.77. The van der Waals surface area contributed by atoms with Crippen molar-refractivity contribution in [2.45, 2.75) is 0 Å². The highest BCUT2D eigenvalue weighted by molar-refractivity contribution is 5.86. The van der Waals surface area contributed by atoms with Crippen LogP contribution in [0.1, 0.15) is 0 Å². The van der Waals surface area contributed by atoms with Gasteiger partial charge in [0.05, 0.1) is 17.6 Å². The highest BCUT2D eigenvalue weighted by atomic mass is 15.3. The molecule has 3 aromatic rings. The number of aromatic amines is 1. The lowest BCUT2D eigenvalue weighted by Crippen LogP contribution is -1.95. The van der Waals surface area contributed by atoms with Crippen LogP contribution in [-0.4, -0.2) is 14.8 Å². The first kappa shape index (κ1) is 9.03. The lowest BCUT2D eigenvalue weighted by molar-refractivity contribution is 0.776. The van der Waals surface area contributed by atoms with Gasteiger partial charge in [0.25, 0.3) is 0 Å². The van der Waals surface area contributed by atoms with E-state index < -0.39 is 0 Å². The highest BCUT2D eigenvalue weighted by Crippen LogP contribution is 2.27. The Morgan fingerprint density at radius 1 is 1.31 bits per heavy atom. The predicted octanol–water partition coefficient (Wildman–Crippen LogP) is 2.15. The number of anilines is 1. The van der Waals surface area contributed by atoms with Gasteiger partial charge in [-0.15, -0.1) is 0 Å². The molecule has 0 aliphatic rings. The Hall–Kier alpha value is -2.23. The quantitative estimate of drug-likeness (QED) is 0.649. The fourth-order valence-electron chi connectivity index (χ4n) is 2.01. The van der Waals surface area contributed by atoms with Gasteiger partial charge in [-0.2, -0.15) is 5.10 Å². The molecule has 1 aromatic carbocycles. The van der Waals surface area contributed by atoms with E-state index in [1.165, 1.54) is 5.39 Å². The van der Waals surface area contributed by atoms with Crippen molar-refractivity contribution in [3.63, 3.8) is 0 Å². The second-order valence-corrected chi connectivity index (χ2v) is 3.85. The van der Waals surface area contributed by atoms with E-state index in [9.17, 15) is 0 Å². The van der Waals surface area contributed by atoms with Crippen molar-refractivity contribution in [1.82, 2.24) is 14.8 Å². The number of hydrogen-bond donors (Lipinski definition) is 2. The number of nitrogens with one attached hydrogen (secondary N) is 1.